The van der Waals surface area contributed by atoms with Crippen LogP contribution in [0.25, 0.3) is 11.1 Å². The molecule has 0 radical (unpaired) electrons. The number of nitrogens with zero attached hydrogens (tertiary/aromatic N) is 1. The van der Waals surface area contributed by atoms with E-state index in [1.54, 1.807) is 0 Å². The lowest BCUT2D eigenvalue weighted by Gasteiger charge is -2.30. The Morgan fingerprint density at radius 1 is 0.912 bits per heavy atom. The van der Waals surface area contributed by atoms with Crippen molar-refractivity contribution in [2.24, 2.45) is 5.41 Å². The van der Waals surface area contributed by atoms with Crippen molar-refractivity contribution in [3.8, 4) is 11.1 Å². The first-order valence-corrected chi connectivity index (χ1v) is 11.3. The van der Waals surface area contributed by atoms with E-state index in [4.69, 9.17) is 5.11 Å². The molecule has 1 aliphatic rings. The van der Waals surface area contributed by atoms with Crippen LogP contribution in [0.4, 0.5) is 0 Å². The highest BCUT2D eigenvalue weighted by Crippen LogP contribution is 2.41. The maximum atomic E-state index is 13.2. The maximum absolute atomic E-state index is 13.2. The molecule has 34 heavy (non-hydrogen) atoms. The third-order valence-corrected chi connectivity index (χ3v) is 6.38. The van der Waals surface area contributed by atoms with Crippen molar-refractivity contribution in [3.05, 3.63) is 60.2 Å². The fraction of sp³-hybridized carbons (Fsp3) is 0.385. The summed E-state index contributed by atoms with van der Waals surface area (Å²) in [7, 11) is 1.37. The first kappa shape index (κ1) is 25.0. The number of rotatable bonds is 10. The zero-order valence-corrected chi connectivity index (χ0v) is 19.2. The smallest absolute Gasteiger partial charge is 0.323 e. The molecule has 0 unspecified atom stereocenters. The van der Waals surface area contributed by atoms with E-state index in [0.717, 1.165) is 34.4 Å². The van der Waals surface area contributed by atoms with Gasteiger partial charge in [-0.05, 0) is 29.5 Å². The summed E-state index contributed by atoms with van der Waals surface area (Å²) in [5.41, 5.74) is 1.80. The number of hydrogen-bond donors (Lipinski definition) is 3. The van der Waals surface area contributed by atoms with Gasteiger partial charge in [-0.25, -0.2) is 0 Å². The number of carboxylic acid groups (broad SMARTS) is 2. The fourth-order valence-electron chi connectivity index (χ4n) is 4.58. The predicted octanol–water partition coefficient (Wildman–Crippen LogP) is 2.96. The van der Waals surface area contributed by atoms with Crippen molar-refractivity contribution < 1.29 is 29.4 Å². The Balaban J connectivity index is 1.82. The number of carbonyl (C=O) groups is 4. The number of benzene rings is 2. The van der Waals surface area contributed by atoms with Crippen molar-refractivity contribution >= 4 is 23.8 Å². The van der Waals surface area contributed by atoms with E-state index in [9.17, 15) is 24.3 Å². The number of likely N-dealkylation sites (N-methyl/N-ethyl adjacent to an activating group) is 1. The maximum Gasteiger partial charge on any atom is 0.323 e. The molecule has 0 aromatic heterocycles. The molecule has 8 heteroatoms. The van der Waals surface area contributed by atoms with Crippen LogP contribution >= 0.6 is 0 Å². The third kappa shape index (κ3) is 6.21. The summed E-state index contributed by atoms with van der Waals surface area (Å²) >= 11 is 0. The molecule has 3 N–H and O–H groups in total. The Kier molecular flexibility index (Phi) is 8.04. The molecule has 3 rings (SSSR count). The molecule has 0 saturated heterocycles. The predicted molar refractivity (Wildman–Crippen MR) is 126 cm³/mol. The SMILES string of the molecule is CN(CC(=O)O)C(=O)[C@H](Cc1ccc(-c2ccccc2)cc1)NC(=O)C1(CC(=O)O)CCCC1. The minimum Gasteiger partial charge on any atom is -0.481 e. The normalized spacial score (nSPS) is 15.3. The monoisotopic (exact) mass is 466 g/mol. The Hall–Kier alpha value is -3.68. The Labute approximate surface area is 198 Å². The van der Waals surface area contributed by atoms with E-state index in [1.807, 2.05) is 54.6 Å². The number of hydrogen-bond acceptors (Lipinski definition) is 4. The highest BCUT2D eigenvalue weighted by Gasteiger charge is 2.44. The molecular weight excluding hydrogens is 436 g/mol. The molecule has 8 nitrogen and oxygen atoms in total. The van der Waals surface area contributed by atoms with Crippen LogP contribution in [-0.4, -0.2) is 58.5 Å². The highest BCUT2D eigenvalue weighted by atomic mass is 16.4. The van der Waals surface area contributed by atoms with Gasteiger partial charge >= 0.3 is 11.9 Å². The van der Waals surface area contributed by atoms with Gasteiger partial charge < -0.3 is 20.4 Å². The van der Waals surface area contributed by atoms with Crippen LogP contribution in [0.3, 0.4) is 0 Å². The van der Waals surface area contributed by atoms with Crippen molar-refractivity contribution in [3.63, 3.8) is 0 Å². The molecule has 1 atom stereocenters. The van der Waals surface area contributed by atoms with Crippen LogP contribution in [0.15, 0.2) is 54.6 Å². The number of carbonyl (C=O) groups excluding carboxylic acids is 2. The molecule has 0 bridgehead atoms. The van der Waals surface area contributed by atoms with Gasteiger partial charge in [-0.15, -0.1) is 0 Å². The Bertz CT molecular complexity index is 1030. The van der Waals surface area contributed by atoms with Crippen molar-refractivity contribution in [1.82, 2.24) is 10.2 Å². The van der Waals surface area contributed by atoms with E-state index in [2.05, 4.69) is 5.32 Å². The zero-order valence-electron chi connectivity index (χ0n) is 19.2. The van der Waals surface area contributed by atoms with Gasteiger partial charge in [-0.2, -0.15) is 0 Å². The van der Waals surface area contributed by atoms with Gasteiger partial charge in [0.2, 0.25) is 11.8 Å². The lowest BCUT2D eigenvalue weighted by molar-refractivity contribution is -0.148. The largest absolute Gasteiger partial charge is 0.481 e. The van der Waals surface area contributed by atoms with Gasteiger partial charge in [0, 0.05) is 13.5 Å². The summed E-state index contributed by atoms with van der Waals surface area (Å²) in [6, 6.07) is 16.4. The topological polar surface area (TPSA) is 124 Å². The van der Waals surface area contributed by atoms with Crippen LogP contribution in [-0.2, 0) is 25.6 Å². The summed E-state index contributed by atoms with van der Waals surface area (Å²) in [4.78, 5) is 49.9. The second-order valence-corrected chi connectivity index (χ2v) is 8.94. The quantitative estimate of drug-likeness (QED) is 0.495. The lowest BCUT2D eigenvalue weighted by Crippen LogP contribution is -2.53. The molecule has 0 spiro atoms. The van der Waals surface area contributed by atoms with Gasteiger partial charge in [0.25, 0.3) is 0 Å². The number of carboxylic acids is 2. The van der Waals surface area contributed by atoms with Gasteiger partial charge in [0.15, 0.2) is 0 Å². The molecule has 1 fully saturated rings. The molecule has 180 valence electrons. The first-order valence-electron chi connectivity index (χ1n) is 11.3. The molecule has 2 amide bonds. The van der Waals surface area contributed by atoms with Crippen LogP contribution in [0, 0.1) is 5.41 Å². The van der Waals surface area contributed by atoms with Gasteiger partial charge in [-0.3, -0.25) is 19.2 Å². The molecule has 2 aromatic rings. The van der Waals surface area contributed by atoms with Gasteiger partial charge in [0.1, 0.15) is 12.6 Å². The van der Waals surface area contributed by atoms with Crippen LogP contribution < -0.4 is 5.32 Å². The summed E-state index contributed by atoms with van der Waals surface area (Å²) in [6.45, 7) is -0.502. The van der Waals surface area contributed by atoms with E-state index in [-0.39, 0.29) is 12.8 Å². The number of amides is 2. The molecule has 0 aliphatic heterocycles. The molecule has 2 aromatic carbocycles. The second-order valence-electron chi connectivity index (χ2n) is 8.94. The van der Waals surface area contributed by atoms with Crippen molar-refractivity contribution in [2.45, 2.75) is 44.6 Å². The van der Waals surface area contributed by atoms with Crippen LogP contribution in [0.1, 0.15) is 37.7 Å². The minimum absolute atomic E-state index is 0.159. The Morgan fingerprint density at radius 3 is 2.06 bits per heavy atom. The van der Waals surface area contributed by atoms with E-state index < -0.39 is 41.8 Å². The molecule has 1 aliphatic carbocycles. The van der Waals surface area contributed by atoms with Crippen LogP contribution in [0.2, 0.25) is 0 Å². The zero-order chi connectivity index (χ0) is 24.7. The molecular formula is C26H30N2O6. The van der Waals surface area contributed by atoms with E-state index >= 15 is 0 Å². The average Bonchev–Trinajstić information content (AvgIpc) is 3.28. The summed E-state index contributed by atoms with van der Waals surface area (Å²) in [6.07, 6.45) is 2.26. The standard InChI is InChI=1S/C26H30N2O6/c1-28(17-23(31)32)24(33)21(27-25(34)26(16-22(29)30)13-5-6-14-26)15-18-9-11-20(12-10-18)19-7-3-2-4-8-19/h2-4,7-12,21H,5-6,13-17H2,1H3,(H,27,34)(H,29,30)(H,31,32)/t21-/m0/s1. The first-order chi connectivity index (χ1) is 16.2. The Morgan fingerprint density at radius 2 is 1.50 bits per heavy atom. The van der Waals surface area contributed by atoms with Crippen molar-refractivity contribution in [2.75, 3.05) is 13.6 Å². The van der Waals surface area contributed by atoms with Crippen LogP contribution in [0.5, 0.6) is 0 Å². The van der Waals surface area contributed by atoms with Gasteiger partial charge in [-0.1, -0.05) is 67.4 Å². The highest BCUT2D eigenvalue weighted by molar-refractivity contribution is 5.93. The third-order valence-electron chi connectivity index (χ3n) is 6.38. The summed E-state index contributed by atoms with van der Waals surface area (Å²) in [5, 5.41) is 21.2. The molecule has 0 heterocycles. The van der Waals surface area contributed by atoms with E-state index in [0.29, 0.717) is 12.8 Å². The minimum atomic E-state index is -1.16. The number of aliphatic carboxylic acids is 2. The number of nitrogens with one attached hydrogen (secondary N) is 1. The fourth-order valence-corrected chi connectivity index (χ4v) is 4.58. The van der Waals surface area contributed by atoms with E-state index in [1.165, 1.54) is 7.05 Å². The van der Waals surface area contributed by atoms with Crippen molar-refractivity contribution in [1.29, 1.82) is 0 Å². The summed E-state index contributed by atoms with van der Waals surface area (Å²) < 4.78 is 0. The molecule has 1 saturated carbocycles. The van der Waals surface area contributed by atoms with Gasteiger partial charge in [0.05, 0.1) is 11.8 Å². The second kappa shape index (κ2) is 11.0. The lowest BCUT2D eigenvalue weighted by atomic mass is 9.81. The summed E-state index contributed by atoms with van der Waals surface area (Å²) in [5.74, 6) is -3.22. The average molecular weight is 467 g/mol.